The van der Waals surface area contributed by atoms with Crippen LogP contribution in [-0.4, -0.2) is 44.6 Å². The van der Waals surface area contributed by atoms with Crippen LogP contribution >= 0.6 is 11.3 Å². The molecule has 0 radical (unpaired) electrons. The third-order valence-corrected chi connectivity index (χ3v) is 7.15. The Bertz CT molecular complexity index is 1630. The van der Waals surface area contributed by atoms with Crippen molar-refractivity contribution in [1.29, 1.82) is 0 Å². The molecule has 1 aliphatic heterocycles. The monoisotopic (exact) mass is 564 g/mol. The van der Waals surface area contributed by atoms with E-state index in [-0.39, 0.29) is 17.7 Å². The number of nitrogens with zero attached hydrogens (tertiary/aromatic N) is 2. The van der Waals surface area contributed by atoms with E-state index in [4.69, 9.17) is 23.7 Å². The first kappa shape index (κ1) is 28.7. The molecular formula is C30H32N2O7S. The summed E-state index contributed by atoms with van der Waals surface area (Å²) in [7, 11) is 3.12. The molecule has 1 aliphatic rings. The van der Waals surface area contributed by atoms with Gasteiger partial charge in [-0.1, -0.05) is 36.1 Å². The first-order chi connectivity index (χ1) is 19.4. The maximum absolute atomic E-state index is 13.9. The zero-order chi connectivity index (χ0) is 28.8. The summed E-state index contributed by atoms with van der Waals surface area (Å²) in [6.45, 7) is 9.94. The van der Waals surface area contributed by atoms with Gasteiger partial charge < -0.3 is 23.7 Å². The molecule has 0 unspecified atom stereocenters. The molecule has 40 heavy (non-hydrogen) atoms. The maximum atomic E-state index is 13.9. The van der Waals surface area contributed by atoms with Gasteiger partial charge in [0.15, 0.2) is 27.8 Å². The molecule has 0 fully saturated rings. The predicted octanol–water partition coefficient (Wildman–Crippen LogP) is 3.78. The number of carbonyl (C=O) groups excluding carboxylic acids is 1. The van der Waals surface area contributed by atoms with Gasteiger partial charge in [0.1, 0.15) is 6.61 Å². The fraction of sp³-hybridized carbons (Fsp3) is 0.300. The molecule has 1 aromatic heterocycles. The standard InChI is InChI=1S/C30H32N2O7S/c1-7-14-39-22-13-11-20(17-24(22)37-8-2)27-26(29(34)38-9-3)18(4)31-30-32(27)28(33)25(40-30)16-19-10-12-21(35-5)23(15-19)36-6/h7,10-13,15-17,27H,1,8-9,14H2,2-6H3/b25-16+/t27-/m0/s1. The first-order valence-electron chi connectivity index (χ1n) is 12.8. The van der Waals surface area contributed by atoms with E-state index in [0.717, 1.165) is 5.56 Å². The topological polar surface area (TPSA) is 97.6 Å². The van der Waals surface area contributed by atoms with E-state index in [9.17, 15) is 9.59 Å². The average Bonchev–Trinajstić information content (AvgIpc) is 3.25. The molecule has 0 spiro atoms. The number of aromatic nitrogens is 1. The van der Waals surface area contributed by atoms with Crippen LogP contribution in [0.1, 0.15) is 37.9 Å². The molecule has 1 atom stereocenters. The van der Waals surface area contributed by atoms with Crippen molar-refractivity contribution >= 4 is 23.4 Å². The number of benzene rings is 2. The van der Waals surface area contributed by atoms with Crippen molar-refractivity contribution < 1.29 is 28.5 Å². The molecule has 2 aromatic carbocycles. The Morgan fingerprint density at radius 2 is 1.77 bits per heavy atom. The Morgan fingerprint density at radius 3 is 2.45 bits per heavy atom. The highest BCUT2D eigenvalue weighted by Crippen LogP contribution is 2.36. The number of rotatable bonds is 11. The summed E-state index contributed by atoms with van der Waals surface area (Å²) in [5.74, 6) is 1.62. The summed E-state index contributed by atoms with van der Waals surface area (Å²) in [5.41, 5.74) is 1.89. The lowest BCUT2D eigenvalue weighted by molar-refractivity contribution is -0.139. The normalized spacial score (nSPS) is 14.7. The fourth-order valence-corrected chi connectivity index (χ4v) is 5.48. The van der Waals surface area contributed by atoms with Crippen LogP contribution in [-0.2, 0) is 9.53 Å². The number of methoxy groups -OCH3 is 2. The van der Waals surface area contributed by atoms with Crippen molar-refractivity contribution in [3.05, 3.63) is 91.1 Å². The summed E-state index contributed by atoms with van der Waals surface area (Å²) in [6, 6.07) is 9.99. The number of allylic oxidation sites excluding steroid dienone is 1. The second-order valence-electron chi connectivity index (χ2n) is 8.66. The number of thiazole rings is 1. The third-order valence-electron chi connectivity index (χ3n) is 6.16. The molecule has 210 valence electrons. The van der Waals surface area contributed by atoms with Gasteiger partial charge in [-0.15, -0.1) is 0 Å². The minimum Gasteiger partial charge on any atom is -0.493 e. The van der Waals surface area contributed by atoms with Crippen molar-refractivity contribution in [2.45, 2.75) is 26.8 Å². The Hall–Kier alpha value is -4.31. The molecule has 10 heteroatoms. The van der Waals surface area contributed by atoms with Crippen molar-refractivity contribution in [2.24, 2.45) is 4.99 Å². The van der Waals surface area contributed by atoms with Gasteiger partial charge in [-0.3, -0.25) is 9.36 Å². The van der Waals surface area contributed by atoms with Crippen LogP contribution in [0.2, 0.25) is 0 Å². The highest BCUT2D eigenvalue weighted by Gasteiger charge is 2.34. The Balaban J connectivity index is 1.92. The minimum atomic E-state index is -0.782. The summed E-state index contributed by atoms with van der Waals surface area (Å²) < 4.78 is 29.7. The van der Waals surface area contributed by atoms with Crippen molar-refractivity contribution in [3.63, 3.8) is 0 Å². The molecule has 0 bridgehead atoms. The number of esters is 1. The van der Waals surface area contributed by atoms with Crippen LogP contribution in [0.3, 0.4) is 0 Å². The lowest BCUT2D eigenvalue weighted by Crippen LogP contribution is -2.40. The molecular weight excluding hydrogens is 532 g/mol. The number of hydrogen-bond acceptors (Lipinski definition) is 9. The molecule has 0 saturated carbocycles. The van der Waals surface area contributed by atoms with Gasteiger partial charge >= 0.3 is 5.97 Å². The molecule has 0 saturated heterocycles. The first-order valence-corrected chi connectivity index (χ1v) is 13.6. The number of hydrogen-bond donors (Lipinski definition) is 0. The van der Waals surface area contributed by atoms with Gasteiger partial charge in [-0.2, -0.15) is 0 Å². The molecule has 0 aliphatic carbocycles. The number of fused-ring (bicyclic) bond motifs is 1. The van der Waals surface area contributed by atoms with Crippen LogP contribution in [0.4, 0.5) is 0 Å². The van der Waals surface area contributed by atoms with Gasteiger partial charge in [0.05, 0.1) is 49.3 Å². The molecule has 0 N–H and O–H groups in total. The average molecular weight is 565 g/mol. The van der Waals surface area contributed by atoms with E-state index in [2.05, 4.69) is 11.6 Å². The second-order valence-corrected chi connectivity index (χ2v) is 9.66. The summed E-state index contributed by atoms with van der Waals surface area (Å²) >= 11 is 1.24. The van der Waals surface area contributed by atoms with E-state index in [1.807, 2.05) is 19.1 Å². The Morgan fingerprint density at radius 1 is 1.02 bits per heavy atom. The largest absolute Gasteiger partial charge is 0.493 e. The van der Waals surface area contributed by atoms with E-state index < -0.39 is 12.0 Å². The van der Waals surface area contributed by atoms with Gasteiger partial charge in [0, 0.05) is 0 Å². The lowest BCUT2D eigenvalue weighted by Gasteiger charge is -2.25. The quantitative estimate of drug-likeness (QED) is 0.258. The van der Waals surface area contributed by atoms with Crippen molar-refractivity contribution in [2.75, 3.05) is 34.0 Å². The zero-order valence-corrected chi connectivity index (χ0v) is 24.0. The zero-order valence-electron chi connectivity index (χ0n) is 23.2. The van der Waals surface area contributed by atoms with Crippen LogP contribution in [0.15, 0.2) is 70.1 Å². The highest BCUT2D eigenvalue weighted by molar-refractivity contribution is 7.07. The number of ether oxygens (including phenoxy) is 5. The van der Waals surface area contributed by atoms with E-state index in [0.29, 0.717) is 56.8 Å². The lowest BCUT2D eigenvalue weighted by atomic mass is 9.95. The van der Waals surface area contributed by atoms with E-state index in [1.54, 1.807) is 64.5 Å². The van der Waals surface area contributed by atoms with Gasteiger partial charge in [0.2, 0.25) is 0 Å². The molecule has 0 amide bonds. The minimum absolute atomic E-state index is 0.185. The fourth-order valence-electron chi connectivity index (χ4n) is 4.43. The second kappa shape index (κ2) is 12.7. The van der Waals surface area contributed by atoms with Crippen LogP contribution in [0.25, 0.3) is 6.08 Å². The van der Waals surface area contributed by atoms with Crippen LogP contribution in [0.5, 0.6) is 23.0 Å². The molecule has 9 nitrogen and oxygen atoms in total. The van der Waals surface area contributed by atoms with Gasteiger partial charge in [-0.25, -0.2) is 9.79 Å². The van der Waals surface area contributed by atoms with E-state index >= 15 is 0 Å². The van der Waals surface area contributed by atoms with Crippen LogP contribution < -0.4 is 33.8 Å². The highest BCUT2D eigenvalue weighted by atomic mass is 32.1. The summed E-state index contributed by atoms with van der Waals surface area (Å²) in [5, 5.41) is 0. The Kier molecular flexibility index (Phi) is 9.11. The summed E-state index contributed by atoms with van der Waals surface area (Å²) in [6.07, 6.45) is 3.41. The molecule has 4 rings (SSSR count). The van der Waals surface area contributed by atoms with Gasteiger partial charge in [-0.05, 0) is 62.2 Å². The number of carbonyl (C=O) groups is 1. The SMILES string of the molecule is C=CCOc1ccc([C@H]2C(C(=O)OCC)=C(C)N=c3s/c(=C/c4ccc(OC)c(OC)c4)c(=O)n32)cc1OCC. The predicted molar refractivity (Wildman–Crippen MR) is 153 cm³/mol. The van der Waals surface area contributed by atoms with Gasteiger partial charge in [0.25, 0.3) is 5.56 Å². The maximum Gasteiger partial charge on any atom is 0.338 e. The molecule has 3 aromatic rings. The third kappa shape index (κ3) is 5.67. The Labute approximate surface area is 236 Å². The van der Waals surface area contributed by atoms with Crippen LogP contribution in [0, 0.1) is 0 Å². The van der Waals surface area contributed by atoms with Crippen molar-refractivity contribution in [3.8, 4) is 23.0 Å². The molecule has 2 heterocycles. The van der Waals surface area contributed by atoms with Crippen molar-refractivity contribution in [1.82, 2.24) is 4.57 Å². The van der Waals surface area contributed by atoms with E-state index in [1.165, 1.54) is 15.9 Å². The smallest absolute Gasteiger partial charge is 0.338 e. The summed E-state index contributed by atoms with van der Waals surface area (Å²) in [4.78, 5) is 32.2.